The molecular weight excluding hydrogens is 445 g/mol. The van der Waals surface area contributed by atoms with E-state index in [1.54, 1.807) is 6.07 Å². The van der Waals surface area contributed by atoms with E-state index in [0.717, 1.165) is 11.0 Å². The average molecular weight is 459 g/mol. The summed E-state index contributed by atoms with van der Waals surface area (Å²) in [5.41, 5.74) is -0.667. The van der Waals surface area contributed by atoms with Crippen LogP contribution in [0.1, 0.15) is 22.8 Å². The summed E-state index contributed by atoms with van der Waals surface area (Å²) in [6.07, 6.45) is -5.97. The van der Waals surface area contributed by atoms with Gasteiger partial charge in [0, 0.05) is 10.6 Å². The van der Waals surface area contributed by atoms with E-state index in [4.69, 9.17) is 16.3 Å². The van der Waals surface area contributed by atoms with Gasteiger partial charge in [0.05, 0.1) is 27.6 Å². The first-order valence-electron chi connectivity index (χ1n) is 8.50. The van der Waals surface area contributed by atoms with Crippen molar-refractivity contribution in [1.29, 1.82) is 0 Å². The van der Waals surface area contributed by atoms with Crippen molar-refractivity contribution in [2.24, 2.45) is 0 Å². The molecule has 0 spiro atoms. The van der Waals surface area contributed by atoms with Crippen molar-refractivity contribution in [1.82, 2.24) is 0 Å². The molecule has 1 unspecified atom stereocenters. The molecule has 158 valence electrons. The van der Waals surface area contributed by atoms with E-state index < -0.39 is 34.7 Å². The molecule has 0 saturated carbocycles. The lowest BCUT2D eigenvalue weighted by Crippen LogP contribution is -2.30. The fourth-order valence-corrected chi connectivity index (χ4v) is 3.57. The van der Waals surface area contributed by atoms with E-state index in [0.29, 0.717) is 11.8 Å². The molecule has 2 aromatic carbocycles. The highest BCUT2D eigenvalue weighted by Crippen LogP contribution is 2.36. The largest absolute Gasteiger partial charge is 0.449 e. The summed E-state index contributed by atoms with van der Waals surface area (Å²) in [6, 6.07) is 7.47. The van der Waals surface area contributed by atoms with Gasteiger partial charge >= 0.3 is 12.1 Å². The van der Waals surface area contributed by atoms with Crippen LogP contribution in [0.25, 0.3) is 0 Å². The third kappa shape index (κ3) is 5.06. The molecule has 30 heavy (non-hydrogen) atoms. The minimum atomic E-state index is -4.68. The number of rotatable bonds is 4. The van der Waals surface area contributed by atoms with E-state index in [-0.39, 0.29) is 22.9 Å². The molecule has 0 aromatic heterocycles. The van der Waals surface area contributed by atoms with Crippen LogP contribution in [-0.4, -0.2) is 29.6 Å². The molecule has 0 aliphatic carbocycles. The van der Waals surface area contributed by atoms with Crippen LogP contribution in [0.4, 0.5) is 24.5 Å². The highest BCUT2D eigenvalue weighted by molar-refractivity contribution is 8.00. The lowest BCUT2D eigenvalue weighted by atomic mass is 10.2. The fraction of sp³-hybridized carbons (Fsp3) is 0.211. The molecule has 2 N–H and O–H groups in total. The Labute approximate surface area is 178 Å². The van der Waals surface area contributed by atoms with Crippen LogP contribution in [0.5, 0.6) is 0 Å². The van der Waals surface area contributed by atoms with Crippen molar-refractivity contribution >= 4 is 52.5 Å². The van der Waals surface area contributed by atoms with Crippen molar-refractivity contribution in [2.45, 2.75) is 24.1 Å². The number of hydrogen-bond donors (Lipinski definition) is 2. The molecular formula is C19H14ClF3N2O4S. The van der Waals surface area contributed by atoms with E-state index in [9.17, 15) is 27.6 Å². The number of ether oxygens (including phenoxy) is 1. The number of esters is 1. The normalized spacial score (nSPS) is 14.4. The minimum absolute atomic E-state index is 0.113. The van der Waals surface area contributed by atoms with E-state index in [1.807, 2.05) is 0 Å². The van der Waals surface area contributed by atoms with Crippen molar-refractivity contribution in [3.63, 3.8) is 0 Å². The van der Waals surface area contributed by atoms with Gasteiger partial charge in [0.25, 0.3) is 5.91 Å². The van der Waals surface area contributed by atoms with Gasteiger partial charge in [-0.05, 0) is 43.3 Å². The number of amides is 2. The van der Waals surface area contributed by atoms with E-state index in [2.05, 4.69) is 10.6 Å². The summed E-state index contributed by atoms with van der Waals surface area (Å²) >= 11 is 6.87. The van der Waals surface area contributed by atoms with Gasteiger partial charge in [0.2, 0.25) is 5.91 Å². The molecule has 2 amide bonds. The Morgan fingerprint density at radius 2 is 1.97 bits per heavy atom. The number of carbonyl (C=O) groups is 3. The summed E-state index contributed by atoms with van der Waals surface area (Å²) in [7, 11) is 0. The second-order valence-electron chi connectivity index (χ2n) is 6.28. The number of hydrogen-bond acceptors (Lipinski definition) is 5. The Morgan fingerprint density at radius 3 is 2.67 bits per heavy atom. The molecule has 0 radical (unpaired) electrons. The molecule has 6 nitrogen and oxygen atoms in total. The average Bonchev–Trinajstić information content (AvgIpc) is 2.67. The Balaban J connectivity index is 1.67. The van der Waals surface area contributed by atoms with Gasteiger partial charge in [-0.1, -0.05) is 11.6 Å². The Hall–Kier alpha value is -2.72. The van der Waals surface area contributed by atoms with Gasteiger partial charge in [-0.3, -0.25) is 9.59 Å². The van der Waals surface area contributed by atoms with Crippen LogP contribution >= 0.6 is 23.4 Å². The fourth-order valence-electron chi connectivity index (χ4n) is 2.56. The first-order chi connectivity index (χ1) is 14.0. The van der Waals surface area contributed by atoms with Crippen molar-refractivity contribution in [2.75, 3.05) is 16.4 Å². The summed E-state index contributed by atoms with van der Waals surface area (Å²) in [5.74, 6) is -1.57. The highest BCUT2D eigenvalue weighted by atomic mass is 35.5. The number of thioether (sulfide) groups is 1. The lowest BCUT2D eigenvalue weighted by Gasteiger charge is -2.18. The van der Waals surface area contributed by atoms with Crippen LogP contribution in [0.2, 0.25) is 5.02 Å². The Kier molecular flexibility index (Phi) is 6.27. The number of fused-ring (bicyclic) bond motifs is 1. The molecule has 2 aromatic rings. The molecule has 1 heterocycles. The van der Waals surface area contributed by atoms with E-state index in [1.165, 1.54) is 36.9 Å². The highest BCUT2D eigenvalue weighted by Gasteiger charge is 2.33. The molecule has 1 aliphatic rings. The monoisotopic (exact) mass is 458 g/mol. The predicted octanol–water partition coefficient (Wildman–Crippen LogP) is 4.59. The second kappa shape index (κ2) is 8.57. The zero-order valence-corrected chi connectivity index (χ0v) is 16.9. The van der Waals surface area contributed by atoms with Crippen molar-refractivity contribution in [3.05, 3.63) is 52.5 Å². The molecule has 3 rings (SSSR count). The predicted molar refractivity (Wildman–Crippen MR) is 106 cm³/mol. The third-order valence-electron chi connectivity index (χ3n) is 4.04. The van der Waals surface area contributed by atoms with Gasteiger partial charge in [0.15, 0.2) is 6.10 Å². The number of carbonyl (C=O) groups excluding carboxylic acids is 3. The topological polar surface area (TPSA) is 84.5 Å². The standard InChI is InChI=1S/C19H14ClF3N2O4S/c1-9(17(27)24-11-3-4-13(20)12(7-11)19(21,22)23)29-18(28)10-2-5-15-14(6-10)25-16(26)8-30-15/h2-7,9H,8H2,1H3,(H,24,27)(H,25,26). The van der Waals surface area contributed by atoms with Crippen LogP contribution in [0.15, 0.2) is 41.3 Å². The molecule has 0 saturated heterocycles. The number of nitrogens with one attached hydrogen (secondary N) is 2. The Bertz CT molecular complexity index is 1030. The summed E-state index contributed by atoms with van der Waals surface area (Å²) in [4.78, 5) is 36.8. The molecule has 11 heteroatoms. The second-order valence-corrected chi connectivity index (χ2v) is 7.70. The summed E-state index contributed by atoms with van der Waals surface area (Å²) in [6.45, 7) is 1.28. The van der Waals surface area contributed by atoms with Gasteiger partial charge in [-0.2, -0.15) is 13.2 Å². The lowest BCUT2D eigenvalue weighted by molar-refractivity contribution is -0.137. The third-order valence-corrected chi connectivity index (χ3v) is 5.44. The van der Waals surface area contributed by atoms with Crippen molar-refractivity contribution < 1.29 is 32.3 Å². The smallest absolute Gasteiger partial charge is 0.417 e. The minimum Gasteiger partial charge on any atom is -0.449 e. The SMILES string of the molecule is CC(OC(=O)c1ccc2c(c1)NC(=O)CS2)C(=O)Nc1ccc(Cl)c(C(F)(F)F)c1. The molecule has 0 fully saturated rings. The van der Waals surface area contributed by atoms with Gasteiger partial charge < -0.3 is 15.4 Å². The van der Waals surface area contributed by atoms with Crippen LogP contribution in [0.3, 0.4) is 0 Å². The van der Waals surface area contributed by atoms with Gasteiger partial charge in [0.1, 0.15) is 0 Å². The van der Waals surface area contributed by atoms with Crippen LogP contribution in [0, 0.1) is 0 Å². The van der Waals surface area contributed by atoms with Crippen molar-refractivity contribution in [3.8, 4) is 0 Å². The van der Waals surface area contributed by atoms with Gasteiger partial charge in [-0.15, -0.1) is 11.8 Å². The maximum atomic E-state index is 12.9. The zero-order chi connectivity index (χ0) is 22.1. The summed E-state index contributed by atoms with van der Waals surface area (Å²) < 4.78 is 43.9. The maximum absolute atomic E-state index is 12.9. The zero-order valence-electron chi connectivity index (χ0n) is 15.3. The number of halogens is 4. The molecule has 0 bridgehead atoms. The van der Waals surface area contributed by atoms with E-state index >= 15 is 0 Å². The maximum Gasteiger partial charge on any atom is 0.417 e. The molecule has 1 aliphatic heterocycles. The first-order valence-corrected chi connectivity index (χ1v) is 9.86. The first kappa shape index (κ1) is 22.0. The quantitative estimate of drug-likeness (QED) is 0.655. The number of anilines is 2. The number of benzene rings is 2. The van der Waals surface area contributed by atoms with Crippen LogP contribution < -0.4 is 10.6 Å². The number of alkyl halides is 3. The summed E-state index contributed by atoms with van der Waals surface area (Å²) in [5, 5.41) is 4.39. The van der Waals surface area contributed by atoms with Gasteiger partial charge in [-0.25, -0.2) is 4.79 Å². The van der Waals surface area contributed by atoms with Crippen LogP contribution in [-0.2, 0) is 20.5 Å². The molecule has 1 atom stereocenters. The Morgan fingerprint density at radius 1 is 1.23 bits per heavy atom.